The second-order valence-corrected chi connectivity index (χ2v) is 4.82. The van der Waals surface area contributed by atoms with E-state index in [1.54, 1.807) is 18.5 Å². The molecule has 0 spiro atoms. The van der Waals surface area contributed by atoms with Crippen LogP contribution in [-0.4, -0.2) is 4.98 Å². The second-order valence-electron chi connectivity index (χ2n) is 4.41. The quantitative estimate of drug-likeness (QED) is 0.754. The van der Waals surface area contributed by atoms with Crippen LogP contribution in [0.15, 0.2) is 53.2 Å². The van der Waals surface area contributed by atoms with Crippen molar-refractivity contribution in [2.24, 2.45) is 0 Å². The molecule has 3 aromatic rings. The molecule has 2 aromatic heterocycles. The summed E-state index contributed by atoms with van der Waals surface area (Å²) < 4.78 is 5.82. The van der Waals surface area contributed by atoms with Crippen LogP contribution in [0.1, 0.15) is 18.7 Å². The van der Waals surface area contributed by atoms with E-state index >= 15 is 0 Å². The fourth-order valence-corrected chi connectivity index (χ4v) is 2.16. The number of anilines is 1. The third-order valence-electron chi connectivity index (χ3n) is 3.01. The third kappa shape index (κ3) is 2.42. The molecule has 3 nitrogen and oxygen atoms in total. The summed E-state index contributed by atoms with van der Waals surface area (Å²) >= 11 is 6.10. The molecule has 0 aliphatic carbocycles. The molecule has 96 valence electrons. The van der Waals surface area contributed by atoms with Gasteiger partial charge in [0.2, 0.25) is 0 Å². The van der Waals surface area contributed by atoms with Crippen molar-refractivity contribution < 1.29 is 4.42 Å². The van der Waals surface area contributed by atoms with E-state index in [1.165, 1.54) is 0 Å². The largest absolute Gasteiger partial charge is 0.459 e. The Kier molecular flexibility index (Phi) is 3.13. The minimum absolute atomic E-state index is 0.0223. The second kappa shape index (κ2) is 4.94. The van der Waals surface area contributed by atoms with Crippen LogP contribution in [0.25, 0.3) is 11.0 Å². The summed E-state index contributed by atoms with van der Waals surface area (Å²) in [5.74, 6) is 0.876. The van der Waals surface area contributed by atoms with Gasteiger partial charge in [0.05, 0.1) is 22.9 Å². The zero-order valence-electron chi connectivity index (χ0n) is 10.4. The smallest absolute Gasteiger partial charge is 0.134 e. The number of hydrogen-bond acceptors (Lipinski definition) is 3. The SMILES string of the molecule is CC(Nc1cnccc1Cl)c1cc2ccccc2o1. The highest BCUT2D eigenvalue weighted by atomic mass is 35.5. The molecule has 0 fully saturated rings. The van der Waals surface area contributed by atoms with Crippen LogP contribution in [0.3, 0.4) is 0 Å². The third-order valence-corrected chi connectivity index (χ3v) is 3.34. The van der Waals surface area contributed by atoms with E-state index < -0.39 is 0 Å². The van der Waals surface area contributed by atoms with Gasteiger partial charge < -0.3 is 9.73 Å². The number of fused-ring (bicyclic) bond motifs is 1. The number of rotatable bonds is 3. The van der Waals surface area contributed by atoms with Crippen LogP contribution in [0, 0.1) is 0 Å². The van der Waals surface area contributed by atoms with Gasteiger partial charge in [-0.2, -0.15) is 0 Å². The molecule has 0 saturated heterocycles. The molecular formula is C15H13ClN2O. The first-order valence-corrected chi connectivity index (χ1v) is 6.46. The van der Waals surface area contributed by atoms with Gasteiger partial charge in [-0.1, -0.05) is 29.8 Å². The lowest BCUT2D eigenvalue weighted by Gasteiger charge is -2.13. The number of benzene rings is 1. The average Bonchev–Trinajstić information content (AvgIpc) is 2.85. The predicted octanol–water partition coefficient (Wildman–Crippen LogP) is 4.65. The lowest BCUT2D eigenvalue weighted by Crippen LogP contribution is -2.06. The standard InChI is InChI=1S/C15H13ClN2O/c1-10(18-13-9-17-7-6-12(13)16)15-8-11-4-2-3-5-14(11)19-15/h2-10,18H,1H3. The fourth-order valence-electron chi connectivity index (χ4n) is 2.00. The molecule has 2 heterocycles. The summed E-state index contributed by atoms with van der Waals surface area (Å²) in [5.41, 5.74) is 1.69. The van der Waals surface area contributed by atoms with Crippen molar-refractivity contribution in [2.75, 3.05) is 5.32 Å². The number of halogens is 1. The number of nitrogens with zero attached hydrogens (tertiary/aromatic N) is 1. The highest BCUT2D eigenvalue weighted by Gasteiger charge is 2.12. The van der Waals surface area contributed by atoms with Crippen LogP contribution < -0.4 is 5.32 Å². The summed E-state index contributed by atoms with van der Waals surface area (Å²) in [7, 11) is 0. The Hall–Kier alpha value is -2.00. The van der Waals surface area contributed by atoms with Crippen molar-refractivity contribution >= 4 is 28.3 Å². The van der Waals surface area contributed by atoms with Gasteiger partial charge >= 0.3 is 0 Å². The molecule has 4 heteroatoms. The molecule has 0 saturated carbocycles. The first kappa shape index (κ1) is 12.1. The van der Waals surface area contributed by atoms with E-state index in [4.69, 9.17) is 16.0 Å². The normalized spacial score (nSPS) is 12.5. The van der Waals surface area contributed by atoms with Gasteiger partial charge in [0.1, 0.15) is 11.3 Å². The highest BCUT2D eigenvalue weighted by Crippen LogP contribution is 2.28. The molecular weight excluding hydrogens is 260 g/mol. The number of para-hydroxylation sites is 1. The van der Waals surface area contributed by atoms with Crippen LogP contribution in [0.2, 0.25) is 5.02 Å². The zero-order chi connectivity index (χ0) is 13.2. The molecule has 1 atom stereocenters. The molecule has 0 amide bonds. The number of furan rings is 1. The van der Waals surface area contributed by atoms with E-state index in [-0.39, 0.29) is 6.04 Å². The minimum Gasteiger partial charge on any atom is -0.459 e. The van der Waals surface area contributed by atoms with E-state index in [0.29, 0.717) is 5.02 Å². The fraction of sp³-hybridized carbons (Fsp3) is 0.133. The van der Waals surface area contributed by atoms with E-state index in [1.807, 2.05) is 37.3 Å². The summed E-state index contributed by atoms with van der Waals surface area (Å²) in [4.78, 5) is 4.06. The van der Waals surface area contributed by atoms with Gasteiger partial charge in [0, 0.05) is 11.6 Å². The van der Waals surface area contributed by atoms with Gasteiger partial charge in [-0.3, -0.25) is 4.98 Å². The van der Waals surface area contributed by atoms with Crippen LogP contribution >= 0.6 is 11.6 Å². The predicted molar refractivity (Wildman–Crippen MR) is 77.5 cm³/mol. The Bertz CT molecular complexity index is 675. The summed E-state index contributed by atoms with van der Waals surface area (Å²) in [6, 6.07) is 11.8. The van der Waals surface area contributed by atoms with E-state index in [2.05, 4.69) is 10.3 Å². The Labute approximate surface area is 116 Å². The van der Waals surface area contributed by atoms with Crippen molar-refractivity contribution in [2.45, 2.75) is 13.0 Å². The maximum absolute atomic E-state index is 6.10. The first-order valence-electron chi connectivity index (χ1n) is 6.08. The van der Waals surface area contributed by atoms with Gasteiger partial charge in [-0.05, 0) is 25.1 Å². The first-order chi connectivity index (χ1) is 9.24. The molecule has 0 aliphatic rings. The van der Waals surface area contributed by atoms with Gasteiger partial charge in [0.25, 0.3) is 0 Å². The number of hydrogen-bond donors (Lipinski definition) is 1. The van der Waals surface area contributed by atoms with Crippen molar-refractivity contribution in [1.82, 2.24) is 4.98 Å². The van der Waals surface area contributed by atoms with Gasteiger partial charge in [-0.15, -0.1) is 0 Å². The lowest BCUT2D eigenvalue weighted by molar-refractivity contribution is 0.526. The van der Waals surface area contributed by atoms with Crippen molar-refractivity contribution in [1.29, 1.82) is 0 Å². The Morgan fingerprint density at radius 3 is 2.89 bits per heavy atom. The molecule has 1 N–H and O–H groups in total. The van der Waals surface area contributed by atoms with Crippen LogP contribution in [0.4, 0.5) is 5.69 Å². The molecule has 1 aromatic carbocycles. The maximum atomic E-state index is 6.10. The highest BCUT2D eigenvalue weighted by molar-refractivity contribution is 6.33. The van der Waals surface area contributed by atoms with Crippen LogP contribution in [0.5, 0.6) is 0 Å². The molecule has 3 rings (SSSR count). The van der Waals surface area contributed by atoms with Crippen LogP contribution in [-0.2, 0) is 0 Å². The minimum atomic E-state index is 0.0223. The van der Waals surface area contributed by atoms with Gasteiger partial charge in [0.15, 0.2) is 0 Å². The Morgan fingerprint density at radius 1 is 1.26 bits per heavy atom. The number of nitrogens with one attached hydrogen (secondary N) is 1. The summed E-state index contributed by atoms with van der Waals surface area (Å²) in [6.45, 7) is 2.03. The van der Waals surface area contributed by atoms with E-state index in [0.717, 1.165) is 22.4 Å². The summed E-state index contributed by atoms with van der Waals surface area (Å²) in [6.07, 6.45) is 3.38. The molecule has 0 aliphatic heterocycles. The van der Waals surface area contributed by atoms with Gasteiger partial charge in [-0.25, -0.2) is 0 Å². The molecule has 0 bridgehead atoms. The zero-order valence-corrected chi connectivity index (χ0v) is 11.2. The summed E-state index contributed by atoms with van der Waals surface area (Å²) in [5, 5.41) is 5.05. The lowest BCUT2D eigenvalue weighted by atomic mass is 10.2. The van der Waals surface area contributed by atoms with Crippen molar-refractivity contribution in [3.05, 3.63) is 59.6 Å². The Morgan fingerprint density at radius 2 is 2.11 bits per heavy atom. The number of aromatic nitrogens is 1. The molecule has 1 unspecified atom stereocenters. The maximum Gasteiger partial charge on any atom is 0.134 e. The Balaban J connectivity index is 1.87. The average molecular weight is 273 g/mol. The van der Waals surface area contributed by atoms with Crippen molar-refractivity contribution in [3.63, 3.8) is 0 Å². The number of pyridine rings is 1. The molecule has 0 radical (unpaired) electrons. The monoisotopic (exact) mass is 272 g/mol. The topological polar surface area (TPSA) is 38.1 Å². The van der Waals surface area contributed by atoms with E-state index in [9.17, 15) is 0 Å². The van der Waals surface area contributed by atoms with Crippen molar-refractivity contribution in [3.8, 4) is 0 Å². The molecule has 19 heavy (non-hydrogen) atoms.